The van der Waals surface area contributed by atoms with E-state index in [1.165, 1.54) is 30.5 Å². The van der Waals surface area contributed by atoms with E-state index in [2.05, 4.69) is 28.7 Å². The number of hydrogen-bond acceptors (Lipinski definition) is 3. The number of hydrogen-bond donors (Lipinski definition) is 1. The third kappa shape index (κ3) is 2.68. The van der Waals surface area contributed by atoms with Crippen molar-refractivity contribution in [1.29, 1.82) is 0 Å². The number of fused-ring (bicyclic) bond motifs is 1. The van der Waals surface area contributed by atoms with Crippen molar-refractivity contribution < 1.29 is 0 Å². The van der Waals surface area contributed by atoms with Gasteiger partial charge in [0.05, 0.1) is 6.54 Å². The Hall–Kier alpha value is -0.740. The van der Waals surface area contributed by atoms with Crippen LogP contribution < -0.4 is 5.32 Å². The Morgan fingerprint density at radius 3 is 3.19 bits per heavy atom. The van der Waals surface area contributed by atoms with Crippen LogP contribution in [0.1, 0.15) is 38.2 Å². The highest BCUT2D eigenvalue weighted by Crippen LogP contribution is 2.27. The second-order valence-electron chi connectivity index (χ2n) is 3.93. The third-order valence-electron chi connectivity index (χ3n) is 2.66. The van der Waals surface area contributed by atoms with E-state index in [-0.39, 0.29) is 0 Å². The van der Waals surface area contributed by atoms with Crippen LogP contribution >= 0.6 is 23.6 Å². The molecule has 1 N–H and O–H groups in total. The Morgan fingerprint density at radius 1 is 1.50 bits per heavy atom. The molecule has 0 aliphatic carbocycles. The van der Waals surface area contributed by atoms with Crippen molar-refractivity contribution in [2.75, 3.05) is 11.9 Å². The van der Waals surface area contributed by atoms with E-state index in [1.54, 1.807) is 11.3 Å². The van der Waals surface area contributed by atoms with Crippen LogP contribution in [0.2, 0.25) is 0 Å². The number of anilines is 1. The molecule has 0 radical (unpaired) electrons. The Kier molecular flexibility index (Phi) is 4.07. The zero-order chi connectivity index (χ0) is 11.4. The lowest BCUT2D eigenvalue weighted by atomic mass is 10.1. The van der Waals surface area contributed by atoms with Gasteiger partial charge in [-0.25, -0.2) is 0 Å². The first-order valence-corrected chi connectivity index (χ1v) is 7.01. The molecule has 2 heterocycles. The first-order valence-electron chi connectivity index (χ1n) is 5.72. The van der Waals surface area contributed by atoms with E-state index >= 15 is 0 Å². The van der Waals surface area contributed by atoms with E-state index in [0.717, 1.165) is 16.4 Å². The van der Waals surface area contributed by atoms with E-state index in [4.69, 9.17) is 12.2 Å². The lowest BCUT2D eigenvalue weighted by Crippen LogP contribution is -2.09. The molecule has 0 spiro atoms. The molecule has 0 bridgehead atoms. The van der Waals surface area contributed by atoms with Crippen molar-refractivity contribution in [2.24, 2.45) is 4.99 Å². The summed E-state index contributed by atoms with van der Waals surface area (Å²) in [6, 6.07) is 2.14. The molecule has 2 rings (SSSR count). The van der Waals surface area contributed by atoms with Crippen LogP contribution in [0.25, 0.3) is 0 Å². The fourth-order valence-corrected chi connectivity index (χ4v) is 2.87. The Balaban J connectivity index is 2.15. The average molecular weight is 252 g/mol. The quantitative estimate of drug-likeness (QED) is 0.650. The first-order chi connectivity index (χ1) is 7.81. The summed E-state index contributed by atoms with van der Waals surface area (Å²) in [4.78, 5) is 5.44. The van der Waals surface area contributed by atoms with Crippen LogP contribution in [0.5, 0.6) is 0 Å². The minimum absolute atomic E-state index is 0.637. The monoisotopic (exact) mass is 252 g/mol. The fourth-order valence-electron chi connectivity index (χ4n) is 1.81. The third-order valence-corrected chi connectivity index (χ3v) is 3.72. The van der Waals surface area contributed by atoms with Gasteiger partial charge in [-0.3, -0.25) is 4.99 Å². The standard InChI is InChI=1S/C12H16N2S2/c1-2-3-4-5-10-9-6-7-16-12(9)14-11(15)8-13-10/h6-7H,2-5,8H2,1H3,(H,14,15). The first kappa shape index (κ1) is 11.7. The molecule has 1 aliphatic rings. The number of unbranched alkanes of at least 4 members (excludes halogenated alkanes) is 2. The zero-order valence-corrected chi connectivity index (χ0v) is 11.1. The van der Waals surface area contributed by atoms with Crippen LogP contribution in [0.3, 0.4) is 0 Å². The van der Waals surface area contributed by atoms with Crippen molar-refractivity contribution in [3.63, 3.8) is 0 Å². The van der Waals surface area contributed by atoms with Gasteiger partial charge in [-0.2, -0.15) is 0 Å². The number of thiophene rings is 1. The van der Waals surface area contributed by atoms with Crippen molar-refractivity contribution in [3.05, 3.63) is 17.0 Å². The summed E-state index contributed by atoms with van der Waals surface area (Å²) in [5, 5.41) is 6.52. The summed E-state index contributed by atoms with van der Waals surface area (Å²) in [5.74, 6) is 0. The molecule has 86 valence electrons. The van der Waals surface area contributed by atoms with Crippen LogP contribution in [-0.2, 0) is 0 Å². The molecule has 0 atom stereocenters. The molecule has 4 heteroatoms. The molecular formula is C12H16N2S2. The molecule has 1 aromatic rings. The molecule has 0 aromatic carbocycles. The molecule has 1 aliphatic heterocycles. The number of nitrogens with zero attached hydrogens (tertiary/aromatic N) is 1. The predicted molar refractivity (Wildman–Crippen MR) is 76.1 cm³/mol. The van der Waals surface area contributed by atoms with Gasteiger partial charge in [0.1, 0.15) is 9.99 Å². The zero-order valence-electron chi connectivity index (χ0n) is 9.45. The minimum atomic E-state index is 0.637. The van der Waals surface area contributed by atoms with Crippen LogP contribution in [0.4, 0.5) is 5.00 Å². The largest absolute Gasteiger partial charge is 0.340 e. The maximum absolute atomic E-state index is 5.21. The van der Waals surface area contributed by atoms with Crippen molar-refractivity contribution in [1.82, 2.24) is 0 Å². The van der Waals surface area contributed by atoms with Gasteiger partial charge in [0.2, 0.25) is 0 Å². The van der Waals surface area contributed by atoms with Crippen molar-refractivity contribution >= 4 is 39.3 Å². The summed E-state index contributed by atoms with van der Waals surface area (Å²) in [6.45, 7) is 2.86. The van der Waals surface area contributed by atoms with Crippen molar-refractivity contribution in [2.45, 2.75) is 32.6 Å². The summed E-state index contributed by atoms with van der Waals surface area (Å²) < 4.78 is 0. The van der Waals surface area contributed by atoms with Gasteiger partial charge in [-0.05, 0) is 24.3 Å². The number of nitrogens with one attached hydrogen (secondary N) is 1. The predicted octanol–water partition coefficient (Wildman–Crippen LogP) is 3.87. The van der Waals surface area contributed by atoms with Crippen LogP contribution in [0, 0.1) is 0 Å². The molecular weight excluding hydrogens is 236 g/mol. The van der Waals surface area contributed by atoms with Gasteiger partial charge >= 0.3 is 0 Å². The molecule has 16 heavy (non-hydrogen) atoms. The highest BCUT2D eigenvalue weighted by molar-refractivity contribution is 7.80. The number of aliphatic imine (C=N–C) groups is 1. The van der Waals surface area contributed by atoms with Gasteiger partial charge in [0.15, 0.2) is 0 Å². The van der Waals surface area contributed by atoms with E-state index in [0.29, 0.717) is 6.54 Å². The molecule has 0 saturated carbocycles. The molecule has 0 unspecified atom stereocenters. The van der Waals surface area contributed by atoms with Gasteiger partial charge in [-0.15, -0.1) is 11.3 Å². The molecule has 0 fully saturated rings. The fraction of sp³-hybridized carbons (Fsp3) is 0.500. The number of rotatable bonds is 4. The number of thiocarbonyl (C=S) groups is 1. The molecule has 0 saturated heterocycles. The lowest BCUT2D eigenvalue weighted by Gasteiger charge is -2.04. The lowest BCUT2D eigenvalue weighted by molar-refractivity contribution is 0.741. The van der Waals surface area contributed by atoms with Crippen LogP contribution in [0.15, 0.2) is 16.4 Å². The van der Waals surface area contributed by atoms with Crippen molar-refractivity contribution in [3.8, 4) is 0 Å². The molecule has 2 nitrogen and oxygen atoms in total. The maximum atomic E-state index is 5.21. The van der Waals surface area contributed by atoms with Gasteiger partial charge in [-0.1, -0.05) is 32.0 Å². The molecule has 0 amide bonds. The van der Waals surface area contributed by atoms with Gasteiger partial charge in [0, 0.05) is 11.3 Å². The Labute approximate surface area is 106 Å². The average Bonchev–Trinajstić information content (AvgIpc) is 2.66. The van der Waals surface area contributed by atoms with Crippen LogP contribution in [-0.4, -0.2) is 17.2 Å². The normalized spacial score (nSPS) is 15.1. The second kappa shape index (κ2) is 5.55. The Bertz CT molecular complexity index is 407. The van der Waals surface area contributed by atoms with Gasteiger partial charge < -0.3 is 5.32 Å². The SMILES string of the molecule is CCCCCC1=NCC(=S)Nc2sccc21. The van der Waals surface area contributed by atoms with Gasteiger partial charge in [0.25, 0.3) is 0 Å². The summed E-state index contributed by atoms with van der Waals surface area (Å²) in [7, 11) is 0. The smallest absolute Gasteiger partial charge is 0.102 e. The topological polar surface area (TPSA) is 24.4 Å². The summed E-state index contributed by atoms with van der Waals surface area (Å²) in [5.41, 5.74) is 2.47. The highest BCUT2D eigenvalue weighted by Gasteiger charge is 2.15. The molecule has 1 aromatic heterocycles. The van der Waals surface area contributed by atoms with E-state index in [9.17, 15) is 0 Å². The summed E-state index contributed by atoms with van der Waals surface area (Å²) in [6.07, 6.45) is 4.82. The van der Waals surface area contributed by atoms with E-state index < -0.39 is 0 Å². The highest BCUT2D eigenvalue weighted by atomic mass is 32.1. The minimum Gasteiger partial charge on any atom is -0.340 e. The maximum Gasteiger partial charge on any atom is 0.102 e. The summed E-state index contributed by atoms with van der Waals surface area (Å²) >= 11 is 6.92. The Morgan fingerprint density at radius 2 is 2.38 bits per heavy atom. The second-order valence-corrected chi connectivity index (χ2v) is 5.34. The van der Waals surface area contributed by atoms with E-state index in [1.807, 2.05) is 0 Å².